The van der Waals surface area contributed by atoms with Gasteiger partial charge >= 0.3 is 0 Å². The van der Waals surface area contributed by atoms with Gasteiger partial charge in [0.2, 0.25) is 0 Å². The molecule has 1 heterocycles. The van der Waals surface area contributed by atoms with E-state index in [0.717, 1.165) is 45.8 Å². The maximum atomic E-state index is 12.6. The Bertz CT molecular complexity index is 475. The number of ether oxygens (including phenoxy) is 1. The molecule has 1 aromatic rings. The molecule has 0 aliphatic carbocycles. The topological polar surface area (TPSA) is 58.8 Å². The Hall–Kier alpha value is -1.59. The van der Waals surface area contributed by atoms with Crippen molar-refractivity contribution in [1.29, 1.82) is 0 Å². The molecule has 122 valence electrons. The number of carbonyl (C=O) groups is 1. The Kier molecular flexibility index (Phi) is 6.21. The maximum absolute atomic E-state index is 12.6. The highest BCUT2D eigenvalue weighted by Gasteiger charge is 2.27. The van der Waals surface area contributed by atoms with Gasteiger partial charge in [0.25, 0.3) is 5.91 Å². The van der Waals surface area contributed by atoms with Crippen LogP contribution in [0, 0.1) is 0 Å². The van der Waals surface area contributed by atoms with Crippen LogP contribution in [0.3, 0.4) is 0 Å². The molecule has 1 aliphatic rings. The summed E-state index contributed by atoms with van der Waals surface area (Å²) in [6.07, 6.45) is 1.06. The van der Waals surface area contributed by atoms with E-state index in [2.05, 4.69) is 18.7 Å². The van der Waals surface area contributed by atoms with E-state index in [9.17, 15) is 4.79 Å². The second-order valence-corrected chi connectivity index (χ2v) is 5.88. The van der Waals surface area contributed by atoms with Gasteiger partial charge in [-0.15, -0.1) is 0 Å². The minimum absolute atomic E-state index is 0.0920. The predicted octanol–water partition coefficient (Wildman–Crippen LogP) is 1.84. The summed E-state index contributed by atoms with van der Waals surface area (Å²) >= 11 is 0. The van der Waals surface area contributed by atoms with Crippen molar-refractivity contribution in [1.82, 2.24) is 9.80 Å². The van der Waals surface area contributed by atoms with Crippen LogP contribution in [0.1, 0.15) is 30.6 Å². The Morgan fingerprint density at radius 2 is 2.00 bits per heavy atom. The second-order valence-electron chi connectivity index (χ2n) is 5.88. The van der Waals surface area contributed by atoms with Crippen molar-refractivity contribution in [3.63, 3.8) is 0 Å². The smallest absolute Gasteiger partial charge is 0.254 e. The fourth-order valence-electron chi connectivity index (χ4n) is 2.77. The van der Waals surface area contributed by atoms with Crippen molar-refractivity contribution in [2.24, 2.45) is 0 Å². The number of benzene rings is 1. The average molecular weight is 305 g/mol. The van der Waals surface area contributed by atoms with E-state index in [1.807, 2.05) is 4.90 Å². The number of anilines is 1. The number of hydrogen-bond acceptors (Lipinski definition) is 4. The molecule has 1 aliphatic heterocycles. The number of carbonyl (C=O) groups excluding carboxylic acids is 1. The molecule has 0 radical (unpaired) electrons. The molecule has 1 aromatic carbocycles. The SMILES string of the molecule is CCCOCCN1CCN(C(=O)c2ccc(N)cc2)C(C)C1. The average Bonchev–Trinajstić information content (AvgIpc) is 2.52. The first kappa shape index (κ1) is 16.8. The van der Waals surface area contributed by atoms with Gasteiger partial charge < -0.3 is 15.4 Å². The number of nitrogens with two attached hydrogens (primary N) is 1. The molecule has 0 aromatic heterocycles. The van der Waals surface area contributed by atoms with Crippen LogP contribution in [0.5, 0.6) is 0 Å². The first-order valence-electron chi connectivity index (χ1n) is 8.08. The number of piperazine rings is 1. The van der Waals surface area contributed by atoms with Gasteiger partial charge in [-0.25, -0.2) is 0 Å². The quantitative estimate of drug-likeness (QED) is 0.643. The lowest BCUT2D eigenvalue weighted by atomic mass is 10.1. The van der Waals surface area contributed by atoms with Gasteiger partial charge in [0.15, 0.2) is 0 Å². The molecule has 1 unspecified atom stereocenters. The summed E-state index contributed by atoms with van der Waals surface area (Å²) in [4.78, 5) is 16.9. The second kappa shape index (κ2) is 8.15. The summed E-state index contributed by atoms with van der Waals surface area (Å²) in [5, 5.41) is 0. The van der Waals surface area contributed by atoms with Gasteiger partial charge in [-0.1, -0.05) is 6.92 Å². The number of nitrogen functional groups attached to an aromatic ring is 1. The fraction of sp³-hybridized carbons (Fsp3) is 0.588. The molecule has 2 N–H and O–H groups in total. The van der Waals surface area contributed by atoms with Crippen LogP contribution in [0.15, 0.2) is 24.3 Å². The number of amides is 1. The summed E-state index contributed by atoms with van der Waals surface area (Å²) in [5.74, 6) is 0.0920. The van der Waals surface area contributed by atoms with Crippen molar-refractivity contribution in [2.75, 3.05) is 45.1 Å². The monoisotopic (exact) mass is 305 g/mol. The third-order valence-electron chi connectivity index (χ3n) is 4.03. The lowest BCUT2D eigenvalue weighted by Crippen LogP contribution is -2.54. The molecule has 1 atom stereocenters. The van der Waals surface area contributed by atoms with Crippen molar-refractivity contribution >= 4 is 11.6 Å². The van der Waals surface area contributed by atoms with Crippen LogP contribution in [-0.4, -0.2) is 61.1 Å². The number of hydrogen-bond donors (Lipinski definition) is 1. The highest BCUT2D eigenvalue weighted by Crippen LogP contribution is 2.15. The fourth-order valence-corrected chi connectivity index (χ4v) is 2.77. The van der Waals surface area contributed by atoms with E-state index in [4.69, 9.17) is 10.5 Å². The molecule has 0 saturated carbocycles. The molecule has 0 spiro atoms. The Balaban J connectivity index is 1.85. The summed E-state index contributed by atoms with van der Waals surface area (Å²) in [6, 6.07) is 7.37. The van der Waals surface area contributed by atoms with Gasteiger partial charge in [-0.05, 0) is 37.6 Å². The molecular weight excluding hydrogens is 278 g/mol. The molecule has 22 heavy (non-hydrogen) atoms. The van der Waals surface area contributed by atoms with Crippen LogP contribution in [0.4, 0.5) is 5.69 Å². The van der Waals surface area contributed by atoms with Crippen LogP contribution in [0.25, 0.3) is 0 Å². The normalized spacial score (nSPS) is 19.4. The van der Waals surface area contributed by atoms with E-state index in [0.29, 0.717) is 11.3 Å². The van der Waals surface area contributed by atoms with E-state index in [1.54, 1.807) is 24.3 Å². The zero-order valence-corrected chi connectivity index (χ0v) is 13.6. The van der Waals surface area contributed by atoms with E-state index in [1.165, 1.54) is 0 Å². The first-order valence-corrected chi connectivity index (χ1v) is 8.08. The third kappa shape index (κ3) is 4.45. The molecule has 5 nitrogen and oxygen atoms in total. The molecular formula is C17H27N3O2. The largest absolute Gasteiger partial charge is 0.399 e. The summed E-state index contributed by atoms with van der Waals surface area (Å²) in [6.45, 7) is 9.32. The van der Waals surface area contributed by atoms with Gasteiger partial charge in [0, 0.05) is 50.1 Å². The standard InChI is InChI=1S/C17H27N3O2/c1-3-11-22-12-10-19-8-9-20(14(2)13-19)17(21)15-4-6-16(18)7-5-15/h4-7,14H,3,8-13,18H2,1-2H3. The molecule has 5 heteroatoms. The molecule has 0 bridgehead atoms. The lowest BCUT2D eigenvalue weighted by Gasteiger charge is -2.40. The zero-order valence-electron chi connectivity index (χ0n) is 13.6. The highest BCUT2D eigenvalue weighted by atomic mass is 16.5. The number of rotatable bonds is 6. The summed E-state index contributed by atoms with van der Waals surface area (Å²) in [5.41, 5.74) is 7.07. The molecule has 1 saturated heterocycles. The summed E-state index contributed by atoms with van der Waals surface area (Å²) in [7, 11) is 0. The Morgan fingerprint density at radius 3 is 2.64 bits per heavy atom. The maximum Gasteiger partial charge on any atom is 0.254 e. The minimum Gasteiger partial charge on any atom is -0.399 e. The summed E-state index contributed by atoms with van der Waals surface area (Å²) < 4.78 is 5.54. The van der Waals surface area contributed by atoms with Crippen molar-refractivity contribution in [2.45, 2.75) is 26.3 Å². The highest BCUT2D eigenvalue weighted by molar-refractivity contribution is 5.94. The minimum atomic E-state index is 0.0920. The zero-order chi connectivity index (χ0) is 15.9. The predicted molar refractivity (Wildman–Crippen MR) is 88.9 cm³/mol. The van der Waals surface area contributed by atoms with E-state index < -0.39 is 0 Å². The van der Waals surface area contributed by atoms with Gasteiger partial charge in [-0.3, -0.25) is 9.69 Å². The van der Waals surface area contributed by atoms with Crippen LogP contribution >= 0.6 is 0 Å². The van der Waals surface area contributed by atoms with Crippen LogP contribution < -0.4 is 5.73 Å². The van der Waals surface area contributed by atoms with Gasteiger partial charge in [-0.2, -0.15) is 0 Å². The van der Waals surface area contributed by atoms with Gasteiger partial charge in [0.1, 0.15) is 0 Å². The van der Waals surface area contributed by atoms with Gasteiger partial charge in [0.05, 0.1) is 6.61 Å². The number of nitrogens with zero attached hydrogens (tertiary/aromatic N) is 2. The van der Waals surface area contributed by atoms with Crippen molar-refractivity contribution in [3.8, 4) is 0 Å². The molecule has 1 fully saturated rings. The first-order chi connectivity index (χ1) is 10.6. The lowest BCUT2D eigenvalue weighted by molar-refractivity contribution is 0.0390. The van der Waals surface area contributed by atoms with Crippen molar-refractivity contribution in [3.05, 3.63) is 29.8 Å². The Morgan fingerprint density at radius 1 is 1.27 bits per heavy atom. The van der Waals surface area contributed by atoms with Crippen LogP contribution in [0.2, 0.25) is 0 Å². The van der Waals surface area contributed by atoms with E-state index in [-0.39, 0.29) is 11.9 Å². The molecule has 1 amide bonds. The van der Waals surface area contributed by atoms with Crippen LogP contribution in [-0.2, 0) is 4.74 Å². The van der Waals surface area contributed by atoms with Crippen molar-refractivity contribution < 1.29 is 9.53 Å². The Labute approximate surface area is 133 Å². The third-order valence-corrected chi connectivity index (χ3v) is 4.03. The van der Waals surface area contributed by atoms with E-state index >= 15 is 0 Å². The molecule has 2 rings (SSSR count).